The fourth-order valence-corrected chi connectivity index (χ4v) is 1.97. The Kier molecular flexibility index (Phi) is 6.92. The number of carbonyl (C=O) groups is 2. The summed E-state index contributed by atoms with van der Waals surface area (Å²) in [6.07, 6.45) is 1.78. The second kappa shape index (κ2) is 9.57. The first kappa shape index (κ1) is 20.2. The first-order chi connectivity index (χ1) is 13.3. The van der Waals surface area contributed by atoms with Gasteiger partial charge in [-0.25, -0.2) is 9.59 Å². The summed E-state index contributed by atoms with van der Waals surface area (Å²) in [6.45, 7) is -0.224. The molecule has 2 aromatic rings. The largest absolute Gasteiger partial charge is 0.458 e. The van der Waals surface area contributed by atoms with Gasteiger partial charge in [0.25, 0.3) is 11.4 Å². The molecule has 28 heavy (non-hydrogen) atoms. The van der Waals surface area contributed by atoms with Crippen molar-refractivity contribution in [3.63, 3.8) is 0 Å². The van der Waals surface area contributed by atoms with Gasteiger partial charge in [-0.3, -0.25) is 20.2 Å². The Morgan fingerprint density at radius 3 is 1.32 bits per heavy atom. The number of hydrogen-bond donors (Lipinski definition) is 0. The summed E-state index contributed by atoms with van der Waals surface area (Å²) >= 11 is 0. The summed E-state index contributed by atoms with van der Waals surface area (Å²) in [5.74, 6) is -1.57. The average Bonchev–Trinajstić information content (AvgIpc) is 2.69. The Bertz CT molecular complexity index is 829. The molecule has 0 aliphatic carbocycles. The van der Waals surface area contributed by atoms with Crippen LogP contribution >= 0.6 is 0 Å². The fourth-order valence-electron chi connectivity index (χ4n) is 1.97. The Balaban J connectivity index is 1.75. The van der Waals surface area contributed by atoms with E-state index in [-0.39, 0.29) is 24.6 Å². The van der Waals surface area contributed by atoms with Gasteiger partial charge in [-0.15, -0.1) is 0 Å². The van der Waals surface area contributed by atoms with Crippen LogP contribution in [0.5, 0.6) is 0 Å². The molecule has 10 nitrogen and oxygen atoms in total. The molecular weight excluding hydrogens is 372 g/mol. The van der Waals surface area contributed by atoms with E-state index in [1.807, 2.05) is 0 Å². The molecule has 0 aromatic heterocycles. The first-order valence-electron chi connectivity index (χ1n) is 7.83. The van der Waals surface area contributed by atoms with Gasteiger partial charge in [0.05, 0.1) is 9.85 Å². The molecule has 0 fully saturated rings. The van der Waals surface area contributed by atoms with Crippen molar-refractivity contribution >= 4 is 23.3 Å². The van der Waals surface area contributed by atoms with Crippen LogP contribution in [0.25, 0.3) is 0 Å². The molecule has 144 valence electrons. The molecule has 0 spiro atoms. The molecule has 2 aromatic carbocycles. The Labute approximate surface area is 158 Å². The molecule has 0 saturated heterocycles. The van der Waals surface area contributed by atoms with Crippen LogP contribution in [0.4, 0.5) is 11.4 Å². The van der Waals surface area contributed by atoms with Gasteiger partial charge in [-0.05, 0) is 35.4 Å². The highest BCUT2D eigenvalue weighted by molar-refractivity contribution is 5.91. The zero-order valence-corrected chi connectivity index (χ0v) is 14.3. The van der Waals surface area contributed by atoms with E-state index in [4.69, 9.17) is 9.47 Å². The standard InChI is InChI=1S/C18H14N2O8/c21-17(27-11-13-1-5-15(6-2-13)19(23)24)9-10-18(22)28-12-14-3-7-16(8-4-14)20(25)26/h1-10H,11-12H2/b10-9+. The Hall–Kier alpha value is -4.08. The number of nitrogens with zero attached hydrogens (tertiary/aromatic N) is 2. The topological polar surface area (TPSA) is 139 Å². The second-order valence-electron chi connectivity index (χ2n) is 5.40. The van der Waals surface area contributed by atoms with E-state index in [0.29, 0.717) is 11.1 Å². The van der Waals surface area contributed by atoms with Crippen molar-refractivity contribution in [1.29, 1.82) is 0 Å². The highest BCUT2D eigenvalue weighted by Gasteiger charge is 2.07. The number of carbonyl (C=O) groups excluding carboxylic acids is 2. The molecule has 0 N–H and O–H groups in total. The number of non-ortho nitro benzene ring substituents is 2. The normalized spacial score (nSPS) is 10.4. The van der Waals surface area contributed by atoms with Gasteiger partial charge in [-0.2, -0.15) is 0 Å². The zero-order chi connectivity index (χ0) is 20.5. The minimum Gasteiger partial charge on any atom is -0.458 e. The molecule has 10 heteroatoms. The van der Waals surface area contributed by atoms with E-state index in [0.717, 1.165) is 12.2 Å². The summed E-state index contributed by atoms with van der Waals surface area (Å²) in [4.78, 5) is 43.2. The van der Waals surface area contributed by atoms with Gasteiger partial charge in [0, 0.05) is 36.4 Å². The minimum absolute atomic E-state index is 0.0780. The highest BCUT2D eigenvalue weighted by Crippen LogP contribution is 2.13. The lowest BCUT2D eigenvalue weighted by Crippen LogP contribution is -2.05. The number of nitro benzene ring substituents is 2. The van der Waals surface area contributed by atoms with Crippen molar-refractivity contribution in [2.45, 2.75) is 13.2 Å². The van der Waals surface area contributed by atoms with Crippen molar-refractivity contribution in [3.8, 4) is 0 Å². The van der Waals surface area contributed by atoms with Crippen molar-refractivity contribution in [1.82, 2.24) is 0 Å². The number of benzene rings is 2. The van der Waals surface area contributed by atoms with E-state index in [1.165, 1.54) is 48.5 Å². The first-order valence-corrected chi connectivity index (χ1v) is 7.83. The van der Waals surface area contributed by atoms with E-state index in [9.17, 15) is 29.8 Å². The lowest BCUT2D eigenvalue weighted by atomic mass is 10.2. The van der Waals surface area contributed by atoms with Crippen LogP contribution in [-0.4, -0.2) is 21.8 Å². The third-order valence-electron chi connectivity index (χ3n) is 3.41. The van der Waals surface area contributed by atoms with Gasteiger partial charge in [-0.1, -0.05) is 0 Å². The zero-order valence-electron chi connectivity index (χ0n) is 14.3. The predicted molar refractivity (Wildman–Crippen MR) is 94.9 cm³/mol. The average molecular weight is 386 g/mol. The molecule has 0 bridgehead atoms. The lowest BCUT2D eigenvalue weighted by molar-refractivity contribution is -0.385. The molecule has 0 aliphatic heterocycles. The van der Waals surface area contributed by atoms with Crippen molar-refractivity contribution in [2.24, 2.45) is 0 Å². The van der Waals surface area contributed by atoms with Crippen molar-refractivity contribution in [2.75, 3.05) is 0 Å². The molecule has 2 rings (SSSR count). The Morgan fingerprint density at radius 2 is 1.04 bits per heavy atom. The minimum atomic E-state index is -0.786. The smallest absolute Gasteiger partial charge is 0.331 e. The molecule has 0 heterocycles. The fraction of sp³-hybridized carbons (Fsp3) is 0.111. The maximum absolute atomic E-state index is 11.6. The van der Waals surface area contributed by atoms with Gasteiger partial charge in [0.1, 0.15) is 13.2 Å². The number of hydrogen-bond acceptors (Lipinski definition) is 8. The summed E-state index contributed by atoms with van der Waals surface area (Å²) in [5, 5.41) is 21.1. The SMILES string of the molecule is O=C(/C=C/C(=O)OCc1ccc([N+](=O)[O-])cc1)OCc1ccc([N+](=O)[O-])cc1. The Morgan fingerprint density at radius 1 is 0.714 bits per heavy atom. The van der Waals surface area contributed by atoms with Crippen molar-refractivity contribution in [3.05, 3.63) is 92.0 Å². The summed E-state index contributed by atoms with van der Waals surface area (Å²) in [6, 6.07) is 11.0. The van der Waals surface area contributed by atoms with E-state index >= 15 is 0 Å². The van der Waals surface area contributed by atoms with Crippen molar-refractivity contribution < 1.29 is 28.9 Å². The molecule has 0 amide bonds. The van der Waals surface area contributed by atoms with Crippen LogP contribution < -0.4 is 0 Å². The second-order valence-corrected chi connectivity index (χ2v) is 5.40. The van der Waals surface area contributed by atoms with Crippen LogP contribution in [0.15, 0.2) is 60.7 Å². The maximum atomic E-state index is 11.6. The van der Waals surface area contributed by atoms with E-state index < -0.39 is 21.8 Å². The molecule has 0 radical (unpaired) electrons. The van der Waals surface area contributed by atoms with E-state index in [2.05, 4.69) is 0 Å². The van der Waals surface area contributed by atoms with Crippen LogP contribution in [0.2, 0.25) is 0 Å². The third kappa shape index (κ3) is 6.33. The van der Waals surface area contributed by atoms with Gasteiger partial charge in [0.15, 0.2) is 0 Å². The third-order valence-corrected chi connectivity index (χ3v) is 3.41. The summed E-state index contributed by atoms with van der Waals surface area (Å²) in [5.41, 5.74) is 0.942. The number of nitro groups is 2. The van der Waals surface area contributed by atoms with Gasteiger partial charge in [0.2, 0.25) is 0 Å². The lowest BCUT2D eigenvalue weighted by Gasteiger charge is -2.03. The molecule has 0 unspecified atom stereocenters. The summed E-state index contributed by atoms with van der Waals surface area (Å²) in [7, 11) is 0. The maximum Gasteiger partial charge on any atom is 0.331 e. The van der Waals surface area contributed by atoms with Crippen LogP contribution in [0.3, 0.4) is 0 Å². The molecule has 0 saturated carbocycles. The predicted octanol–water partition coefficient (Wildman–Crippen LogP) is 2.85. The summed E-state index contributed by atoms with van der Waals surface area (Å²) < 4.78 is 9.82. The van der Waals surface area contributed by atoms with Crippen LogP contribution in [0.1, 0.15) is 11.1 Å². The quantitative estimate of drug-likeness (QED) is 0.292. The van der Waals surface area contributed by atoms with Gasteiger partial charge < -0.3 is 9.47 Å². The van der Waals surface area contributed by atoms with Gasteiger partial charge >= 0.3 is 11.9 Å². The monoisotopic (exact) mass is 386 g/mol. The molecule has 0 atom stereocenters. The number of esters is 2. The van der Waals surface area contributed by atoms with E-state index in [1.54, 1.807) is 0 Å². The number of ether oxygens (including phenoxy) is 2. The van der Waals surface area contributed by atoms with Crippen LogP contribution in [0, 0.1) is 20.2 Å². The van der Waals surface area contributed by atoms with Crippen LogP contribution in [-0.2, 0) is 32.3 Å². The highest BCUT2D eigenvalue weighted by atomic mass is 16.6. The molecular formula is C18H14N2O8. The number of rotatable bonds is 8. The molecule has 0 aliphatic rings.